The van der Waals surface area contributed by atoms with E-state index < -0.39 is 41.2 Å². The molecule has 7 nitrogen and oxygen atoms in total. The summed E-state index contributed by atoms with van der Waals surface area (Å²) in [5, 5.41) is 7.94. The van der Waals surface area contributed by atoms with Crippen LogP contribution in [0.2, 0.25) is 0 Å². The molecule has 190 valence electrons. The highest BCUT2D eigenvalue weighted by Crippen LogP contribution is 2.36. The molecule has 0 unspecified atom stereocenters. The van der Waals surface area contributed by atoms with Gasteiger partial charge in [-0.2, -0.15) is 13.2 Å². The fourth-order valence-electron chi connectivity index (χ4n) is 3.15. The first kappa shape index (κ1) is 28.4. The minimum absolute atomic E-state index is 0.331. The van der Waals surface area contributed by atoms with Crippen molar-refractivity contribution in [3.05, 3.63) is 48.5 Å². The predicted molar refractivity (Wildman–Crippen MR) is 128 cm³/mol. The van der Waals surface area contributed by atoms with Crippen LogP contribution in [-0.4, -0.2) is 58.7 Å². The molecule has 2 aromatic carbocycles. The van der Waals surface area contributed by atoms with Crippen LogP contribution in [0, 0.1) is 0 Å². The Balaban J connectivity index is 2.44. The first-order chi connectivity index (χ1) is 15.8. The van der Waals surface area contributed by atoms with E-state index in [4.69, 9.17) is 5.14 Å². The van der Waals surface area contributed by atoms with Crippen molar-refractivity contribution in [2.45, 2.75) is 46.5 Å². The molecule has 0 heterocycles. The van der Waals surface area contributed by atoms with Crippen molar-refractivity contribution in [3.8, 4) is 0 Å². The maximum Gasteiger partial charge on any atom is 0.501 e. The van der Waals surface area contributed by atoms with Crippen LogP contribution in [0.3, 0.4) is 0 Å². The molecule has 0 aliphatic rings. The molecule has 3 N–H and O–H groups in total. The molecule has 0 saturated carbocycles. The maximum atomic E-state index is 13.4. The van der Waals surface area contributed by atoms with E-state index in [-0.39, 0.29) is 5.69 Å². The number of thioether (sulfide) groups is 1. The molecule has 13 heteroatoms. The van der Waals surface area contributed by atoms with E-state index in [0.717, 1.165) is 30.1 Å². The van der Waals surface area contributed by atoms with Gasteiger partial charge in [0.2, 0.25) is 10.0 Å². The molecule has 2 rings (SSSR count). The van der Waals surface area contributed by atoms with Gasteiger partial charge in [-0.05, 0) is 49.8 Å². The van der Waals surface area contributed by atoms with Crippen LogP contribution in [0.1, 0.15) is 20.3 Å². The SMILES string of the molecule is CCN(CC)CC[C@H](CSc1ccccc1)Nc1ccc(S(N)(=O)=O)cc1S(=O)(=O)C(F)(F)F. The largest absolute Gasteiger partial charge is 0.501 e. The molecule has 0 aromatic heterocycles. The molecule has 1 atom stereocenters. The third-order valence-electron chi connectivity index (χ3n) is 5.12. The zero-order valence-corrected chi connectivity index (χ0v) is 21.2. The lowest BCUT2D eigenvalue weighted by atomic mass is 10.2. The Morgan fingerprint density at radius 1 is 1.03 bits per heavy atom. The van der Waals surface area contributed by atoms with E-state index in [0.29, 0.717) is 24.8 Å². The molecule has 0 aliphatic heterocycles. The zero-order valence-electron chi connectivity index (χ0n) is 18.7. The van der Waals surface area contributed by atoms with Crippen molar-refractivity contribution in [1.29, 1.82) is 0 Å². The fraction of sp³-hybridized carbons (Fsp3) is 0.429. The van der Waals surface area contributed by atoms with Gasteiger partial charge in [0, 0.05) is 23.2 Å². The number of hydrogen-bond donors (Lipinski definition) is 2. The van der Waals surface area contributed by atoms with Crippen LogP contribution in [-0.2, 0) is 19.9 Å². The molecule has 2 aromatic rings. The van der Waals surface area contributed by atoms with Crippen molar-refractivity contribution < 1.29 is 30.0 Å². The van der Waals surface area contributed by atoms with Gasteiger partial charge in [-0.15, -0.1) is 11.8 Å². The summed E-state index contributed by atoms with van der Waals surface area (Å²) in [5.74, 6) is 0.438. The summed E-state index contributed by atoms with van der Waals surface area (Å²) in [4.78, 5) is 1.19. The summed E-state index contributed by atoms with van der Waals surface area (Å²) in [7, 11) is -10.3. The van der Waals surface area contributed by atoms with E-state index in [2.05, 4.69) is 10.2 Å². The van der Waals surface area contributed by atoms with E-state index in [1.807, 2.05) is 44.2 Å². The average Bonchev–Trinajstić information content (AvgIpc) is 2.77. The van der Waals surface area contributed by atoms with Crippen LogP contribution >= 0.6 is 11.8 Å². The molecule has 0 spiro atoms. The number of rotatable bonds is 12. The molecule has 0 amide bonds. The number of primary sulfonamides is 1. The molecular weight excluding hydrogens is 511 g/mol. The van der Waals surface area contributed by atoms with Gasteiger partial charge in [0.25, 0.3) is 9.84 Å². The zero-order chi connectivity index (χ0) is 25.6. The summed E-state index contributed by atoms with van der Waals surface area (Å²) in [5.41, 5.74) is -5.95. The minimum atomic E-state index is -5.84. The maximum absolute atomic E-state index is 13.4. The van der Waals surface area contributed by atoms with E-state index in [1.165, 1.54) is 11.8 Å². The number of hydrogen-bond acceptors (Lipinski definition) is 7. The van der Waals surface area contributed by atoms with Crippen LogP contribution < -0.4 is 10.5 Å². The normalized spacial score (nSPS) is 13.7. The molecule has 0 fully saturated rings. The van der Waals surface area contributed by atoms with Gasteiger partial charge < -0.3 is 10.2 Å². The fourth-order valence-corrected chi connectivity index (χ4v) is 5.71. The van der Waals surface area contributed by atoms with Crippen molar-refractivity contribution in [2.75, 3.05) is 30.7 Å². The second-order valence-electron chi connectivity index (χ2n) is 7.43. The Morgan fingerprint density at radius 2 is 1.65 bits per heavy atom. The Kier molecular flexibility index (Phi) is 9.83. The standard InChI is InChI=1S/C21H28F3N3O4S3/c1-3-27(4-2)13-12-16(15-32-17-8-6-5-7-9-17)26-19-11-10-18(34(25,30)31)14-20(19)33(28,29)21(22,23)24/h5-11,14,16,26H,3-4,12-13,15H2,1-2H3,(H2,25,30,31)/t16-/m1/s1. The third-order valence-corrected chi connectivity index (χ3v) is 8.73. The summed E-state index contributed by atoms with van der Waals surface area (Å²) < 4.78 is 88.0. The van der Waals surface area contributed by atoms with Gasteiger partial charge in [0.05, 0.1) is 10.6 Å². The van der Waals surface area contributed by atoms with Crippen LogP contribution in [0.25, 0.3) is 0 Å². The van der Waals surface area contributed by atoms with Gasteiger partial charge in [0.1, 0.15) is 4.90 Å². The van der Waals surface area contributed by atoms with E-state index in [9.17, 15) is 30.0 Å². The van der Waals surface area contributed by atoms with Gasteiger partial charge in [0.15, 0.2) is 0 Å². The smallest absolute Gasteiger partial charge is 0.380 e. The number of anilines is 1. The highest BCUT2D eigenvalue weighted by Gasteiger charge is 2.48. The quantitative estimate of drug-likeness (QED) is 0.393. The number of nitrogens with one attached hydrogen (secondary N) is 1. The highest BCUT2D eigenvalue weighted by atomic mass is 32.2. The number of sulfonamides is 1. The Bertz CT molecular complexity index is 1150. The van der Waals surface area contributed by atoms with Gasteiger partial charge >= 0.3 is 5.51 Å². The predicted octanol–water partition coefficient (Wildman–Crippen LogP) is 3.93. The lowest BCUT2D eigenvalue weighted by Crippen LogP contribution is -2.32. The number of nitrogens with zero attached hydrogens (tertiary/aromatic N) is 1. The molecule has 0 bridgehead atoms. The lowest BCUT2D eigenvalue weighted by Gasteiger charge is -2.25. The van der Waals surface area contributed by atoms with Crippen LogP contribution in [0.15, 0.2) is 63.2 Å². The number of benzene rings is 2. The number of sulfone groups is 1. The summed E-state index contributed by atoms with van der Waals surface area (Å²) >= 11 is 1.47. The highest BCUT2D eigenvalue weighted by molar-refractivity contribution is 7.99. The summed E-state index contributed by atoms with van der Waals surface area (Å²) in [6.45, 7) is 6.18. The van der Waals surface area contributed by atoms with E-state index >= 15 is 0 Å². The van der Waals surface area contributed by atoms with Crippen molar-refractivity contribution in [1.82, 2.24) is 4.90 Å². The average molecular weight is 540 g/mol. The number of alkyl halides is 3. The van der Waals surface area contributed by atoms with Gasteiger partial charge in [-0.25, -0.2) is 22.0 Å². The summed E-state index contributed by atoms with van der Waals surface area (Å²) in [6, 6.07) is 11.4. The van der Waals surface area contributed by atoms with Crippen molar-refractivity contribution >= 4 is 37.3 Å². The Hall–Kier alpha value is -1.80. The van der Waals surface area contributed by atoms with Gasteiger partial charge in [-0.3, -0.25) is 0 Å². The second-order valence-corrected chi connectivity index (χ2v) is 12.0. The Morgan fingerprint density at radius 3 is 2.18 bits per heavy atom. The molecule has 34 heavy (non-hydrogen) atoms. The number of halogens is 3. The molecule has 0 saturated heterocycles. The minimum Gasteiger partial charge on any atom is -0.380 e. The van der Waals surface area contributed by atoms with Crippen LogP contribution in [0.4, 0.5) is 18.9 Å². The number of nitrogens with two attached hydrogens (primary N) is 1. The second kappa shape index (κ2) is 11.8. The topological polar surface area (TPSA) is 110 Å². The first-order valence-corrected chi connectivity index (χ1v) is 14.5. The van der Waals surface area contributed by atoms with Crippen molar-refractivity contribution in [2.24, 2.45) is 5.14 Å². The molecule has 0 aliphatic carbocycles. The lowest BCUT2D eigenvalue weighted by molar-refractivity contribution is -0.0435. The van der Waals surface area contributed by atoms with Crippen LogP contribution in [0.5, 0.6) is 0 Å². The molecule has 0 radical (unpaired) electrons. The van der Waals surface area contributed by atoms with Crippen molar-refractivity contribution in [3.63, 3.8) is 0 Å². The third kappa shape index (κ3) is 7.60. The van der Waals surface area contributed by atoms with E-state index in [1.54, 1.807) is 0 Å². The molecular formula is C21H28F3N3O4S3. The van der Waals surface area contributed by atoms with Gasteiger partial charge in [-0.1, -0.05) is 32.0 Å². The first-order valence-electron chi connectivity index (χ1n) is 10.4. The summed E-state index contributed by atoms with van der Waals surface area (Å²) in [6.07, 6.45) is 0.518. The monoisotopic (exact) mass is 539 g/mol. The Labute approximate surface area is 202 Å².